The average Bonchev–Trinajstić information content (AvgIpc) is 2.60. The summed E-state index contributed by atoms with van der Waals surface area (Å²) in [6, 6.07) is 7.93. The summed E-state index contributed by atoms with van der Waals surface area (Å²) in [4.78, 5) is 3.18. The van der Waals surface area contributed by atoms with Gasteiger partial charge in [0, 0.05) is 21.1 Å². The molecule has 3 nitrogen and oxygen atoms in total. The Kier molecular flexibility index (Phi) is 3.09. The third-order valence-corrected chi connectivity index (χ3v) is 2.90. The zero-order valence-corrected chi connectivity index (χ0v) is 9.79. The van der Waals surface area contributed by atoms with E-state index in [1.54, 1.807) is 0 Å². The van der Waals surface area contributed by atoms with E-state index in [9.17, 15) is 5.11 Å². The standard InChI is InChI=1S/C11H13BrN2O/c12-8-1-2-9-7(5-8)6-10(14-9)11(15)3-4-13/h1-2,5-6,11,14-15H,3-4,13H2. The highest BCUT2D eigenvalue weighted by atomic mass is 79.9. The van der Waals surface area contributed by atoms with Crippen molar-refractivity contribution in [1.82, 2.24) is 4.98 Å². The molecule has 15 heavy (non-hydrogen) atoms. The van der Waals surface area contributed by atoms with E-state index in [4.69, 9.17) is 5.73 Å². The Balaban J connectivity index is 2.38. The van der Waals surface area contributed by atoms with E-state index in [1.165, 1.54) is 0 Å². The monoisotopic (exact) mass is 268 g/mol. The van der Waals surface area contributed by atoms with Crippen molar-refractivity contribution >= 4 is 26.8 Å². The first-order chi connectivity index (χ1) is 7.20. The van der Waals surface area contributed by atoms with Crippen molar-refractivity contribution in [2.75, 3.05) is 6.54 Å². The van der Waals surface area contributed by atoms with Gasteiger partial charge in [-0.15, -0.1) is 0 Å². The molecule has 80 valence electrons. The predicted octanol–water partition coefficient (Wildman–Crippen LogP) is 2.31. The van der Waals surface area contributed by atoms with Crippen LogP contribution in [0.5, 0.6) is 0 Å². The van der Waals surface area contributed by atoms with Gasteiger partial charge in [-0.25, -0.2) is 0 Å². The second-order valence-corrected chi connectivity index (χ2v) is 4.47. The Hall–Kier alpha value is -0.840. The number of fused-ring (bicyclic) bond motifs is 1. The van der Waals surface area contributed by atoms with Gasteiger partial charge in [0.1, 0.15) is 0 Å². The third kappa shape index (κ3) is 2.22. The fraction of sp³-hybridized carbons (Fsp3) is 0.273. The van der Waals surface area contributed by atoms with Gasteiger partial charge in [-0.05, 0) is 37.2 Å². The molecule has 1 unspecified atom stereocenters. The van der Waals surface area contributed by atoms with Crippen molar-refractivity contribution in [1.29, 1.82) is 0 Å². The Morgan fingerprint density at radius 1 is 1.40 bits per heavy atom. The molecule has 0 aliphatic rings. The summed E-state index contributed by atoms with van der Waals surface area (Å²) in [6.07, 6.45) is 0.0785. The average molecular weight is 269 g/mol. The van der Waals surface area contributed by atoms with E-state index in [1.807, 2.05) is 24.3 Å². The molecule has 0 spiro atoms. The maximum Gasteiger partial charge on any atom is 0.0950 e. The Morgan fingerprint density at radius 2 is 2.20 bits per heavy atom. The number of aliphatic hydroxyl groups is 1. The van der Waals surface area contributed by atoms with E-state index in [2.05, 4.69) is 20.9 Å². The largest absolute Gasteiger partial charge is 0.387 e. The van der Waals surface area contributed by atoms with E-state index in [0.717, 1.165) is 21.1 Å². The van der Waals surface area contributed by atoms with Crippen LogP contribution in [0.25, 0.3) is 10.9 Å². The molecule has 0 fully saturated rings. The summed E-state index contributed by atoms with van der Waals surface area (Å²) < 4.78 is 1.04. The lowest BCUT2D eigenvalue weighted by Crippen LogP contribution is -2.06. The number of aromatic amines is 1. The molecule has 4 heteroatoms. The summed E-state index contributed by atoms with van der Waals surface area (Å²) in [5.74, 6) is 0. The molecule has 0 bridgehead atoms. The van der Waals surface area contributed by atoms with Crippen LogP contribution in [0.2, 0.25) is 0 Å². The lowest BCUT2D eigenvalue weighted by Gasteiger charge is -2.05. The minimum Gasteiger partial charge on any atom is -0.387 e. The van der Waals surface area contributed by atoms with E-state index < -0.39 is 6.10 Å². The first-order valence-corrected chi connectivity index (χ1v) is 5.66. The van der Waals surface area contributed by atoms with Crippen LogP contribution in [0.1, 0.15) is 18.2 Å². The molecule has 1 heterocycles. The number of hydrogen-bond acceptors (Lipinski definition) is 2. The molecular formula is C11H13BrN2O. The van der Waals surface area contributed by atoms with Crippen LogP contribution in [0.15, 0.2) is 28.7 Å². The maximum atomic E-state index is 9.77. The highest BCUT2D eigenvalue weighted by molar-refractivity contribution is 9.10. The van der Waals surface area contributed by atoms with E-state index >= 15 is 0 Å². The van der Waals surface area contributed by atoms with Crippen LogP contribution in [0.3, 0.4) is 0 Å². The van der Waals surface area contributed by atoms with Crippen LogP contribution < -0.4 is 5.73 Å². The van der Waals surface area contributed by atoms with Crippen molar-refractivity contribution in [3.8, 4) is 0 Å². The van der Waals surface area contributed by atoms with Crippen LogP contribution in [0.4, 0.5) is 0 Å². The summed E-state index contributed by atoms with van der Waals surface area (Å²) in [7, 11) is 0. The molecule has 1 atom stereocenters. The molecule has 0 saturated carbocycles. The highest BCUT2D eigenvalue weighted by Crippen LogP contribution is 2.24. The van der Waals surface area contributed by atoms with Gasteiger partial charge in [0.15, 0.2) is 0 Å². The number of halogens is 1. The number of H-pyrrole nitrogens is 1. The normalized spacial score (nSPS) is 13.3. The number of nitrogens with two attached hydrogens (primary N) is 1. The second-order valence-electron chi connectivity index (χ2n) is 3.55. The van der Waals surface area contributed by atoms with Crippen LogP contribution in [-0.2, 0) is 0 Å². The van der Waals surface area contributed by atoms with Crippen LogP contribution >= 0.6 is 15.9 Å². The molecule has 2 aromatic rings. The first-order valence-electron chi connectivity index (χ1n) is 4.87. The minimum absolute atomic E-state index is 0.486. The summed E-state index contributed by atoms with van der Waals surface area (Å²) in [5, 5.41) is 10.9. The Morgan fingerprint density at radius 3 is 2.93 bits per heavy atom. The van der Waals surface area contributed by atoms with Crippen molar-refractivity contribution in [3.63, 3.8) is 0 Å². The lowest BCUT2D eigenvalue weighted by molar-refractivity contribution is 0.166. The van der Waals surface area contributed by atoms with Crippen molar-refractivity contribution in [2.45, 2.75) is 12.5 Å². The fourth-order valence-corrected chi connectivity index (χ4v) is 2.00. The number of aliphatic hydroxyl groups excluding tert-OH is 1. The molecule has 1 aromatic heterocycles. The molecule has 0 aliphatic carbocycles. The van der Waals surface area contributed by atoms with Gasteiger partial charge < -0.3 is 15.8 Å². The minimum atomic E-state index is -0.499. The van der Waals surface area contributed by atoms with Crippen LogP contribution in [-0.4, -0.2) is 16.6 Å². The zero-order valence-electron chi connectivity index (χ0n) is 8.20. The summed E-state index contributed by atoms with van der Waals surface area (Å²) >= 11 is 3.41. The predicted molar refractivity (Wildman–Crippen MR) is 64.6 cm³/mol. The van der Waals surface area contributed by atoms with E-state index in [-0.39, 0.29) is 0 Å². The molecular weight excluding hydrogens is 256 g/mol. The number of rotatable bonds is 3. The second kappa shape index (κ2) is 4.35. The van der Waals surface area contributed by atoms with Gasteiger partial charge in [-0.1, -0.05) is 15.9 Å². The first kappa shape index (κ1) is 10.7. The fourth-order valence-electron chi connectivity index (χ4n) is 1.62. The van der Waals surface area contributed by atoms with Crippen molar-refractivity contribution in [3.05, 3.63) is 34.4 Å². The number of nitrogens with one attached hydrogen (secondary N) is 1. The number of aromatic nitrogens is 1. The van der Waals surface area contributed by atoms with Gasteiger partial charge in [-0.3, -0.25) is 0 Å². The van der Waals surface area contributed by atoms with Gasteiger partial charge in [0.25, 0.3) is 0 Å². The molecule has 4 N–H and O–H groups in total. The van der Waals surface area contributed by atoms with Crippen molar-refractivity contribution in [2.24, 2.45) is 5.73 Å². The number of hydrogen-bond donors (Lipinski definition) is 3. The molecule has 0 amide bonds. The van der Waals surface area contributed by atoms with Gasteiger partial charge in [0.05, 0.1) is 6.10 Å². The van der Waals surface area contributed by atoms with Gasteiger partial charge in [0.2, 0.25) is 0 Å². The smallest absolute Gasteiger partial charge is 0.0950 e. The van der Waals surface area contributed by atoms with Gasteiger partial charge >= 0.3 is 0 Å². The van der Waals surface area contributed by atoms with Gasteiger partial charge in [-0.2, -0.15) is 0 Å². The highest BCUT2D eigenvalue weighted by Gasteiger charge is 2.09. The van der Waals surface area contributed by atoms with E-state index in [0.29, 0.717) is 13.0 Å². The quantitative estimate of drug-likeness (QED) is 0.800. The van der Waals surface area contributed by atoms with Crippen molar-refractivity contribution < 1.29 is 5.11 Å². The lowest BCUT2D eigenvalue weighted by atomic mass is 10.2. The summed E-state index contributed by atoms with van der Waals surface area (Å²) in [5.41, 5.74) is 7.26. The van der Waals surface area contributed by atoms with Crippen LogP contribution in [0, 0.1) is 0 Å². The molecule has 1 aromatic carbocycles. The number of benzene rings is 1. The topological polar surface area (TPSA) is 62.0 Å². The summed E-state index contributed by atoms with van der Waals surface area (Å²) in [6.45, 7) is 0.486. The Labute approximate surface area is 96.4 Å². The molecule has 0 radical (unpaired) electrons. The SMILES string of the molecule is NCCC(O)c1cc2cc(Br)ccc2[nH]1. The molecule has 2 rings (SSSR count). The maximum absolute atomic E-state index is 9.77. The molecule has 0 saturated heterocycles. The zero-order chi connectivity index (χ0) is 10.8. The Bertz CT molecular complexity index is 467. The third-order valence-electron chi connectivity index (χ3n) is 2.40. The molecule has 0 aliphatic heterocycles.